The maximum atomic E-state index is 12.2. The molecule has 0 aromatic carbocycles. The zero-order chi connectivity index (χ0) is 14.5. The molecule has 0 spiro atoms. The predicted octanol–water partition coefficient (Wildman–Crippen LogP) is 1.94. The number of esters is 1. The highest BCUT2D eigenvalue weighted by atomic mass is 16.5. The highest BCUT2D eigenvalue weighted by Gasteiger charge is 2.34. The number of ether oxygens (including phenoxy) is 1. The van der Waals surface area contributed by atoms with Gasteiger partial charge in [0, 0.05) is 19.1 Å². The third kappa shape index (κ3) is 3.52. The minimum Gasteiger partial charge on any atom is -0.469 e. The SMILES string of the molecule is COC(=O)C1CCN(C(=O)NC2C=CCCC2)CC1C. The molecule has 1 fully saturated rings. The van der Waals surface area contributed by atoms with Gasteiger partial charge in [-0.3, -0.25) is 4.79 Å². The van der Waals surface area contributed by atoms with Crippen LogP contribution in [0.5, 0.6) is 0 Å². The molecule has 2 rings (SSSR count). The van der Waals surface area contributed by atoms with Crippen molar-refractivity contribution in [2.45, 2.75) is 38.6 Å². The molecule has 2 amide bonds. The molecule has 5 heteroatoms. The van der Waals surface area contributed by atoms with Crippen molar-refractivity contribution in [3.05, 3.63) is 12.2 Å². The number of piperidine rings is 1. The van der Waals surface area contributed by atoms with E-state index in [4.69, 9.17) is 4.74 Å². The lowest BCUT2D eigenvalue weighted by molar-refractivity contribution is -0.148. The Morgan fingerprint density at radius 2 is 2.15 bits per heavy atom. The van der Waals surface area contributed by atoms with Gasteiger partial charge < -0.3 is 15.0 Å². The van der Waals surface area contributed by atoms with Crippen molar-refractivity contribution in [2.75, 3.05) is 20.2 Å². The number of nitrogens with zero attached hydrogens (tertiary/aromatic N) is 1. The Morgan fingerprint density at radius 3 is 2.75 bits per heavy atom. The molecule has 1 heterocycles. The Balaban J connectivity index is 1.85. The lowest BCUT2D eigenvalue weighted by Gasteiger charge is -2.36. The molecule has 0 aromatic rings. The topological polar surface area (TPSA) is 58.6 Å². The molecule has 20 heavy (non-hydrogen) atoms. The number of allylic oxidation sites excluding steroid dienone is 1. The van der Waals surface area contributed by atoms with Crippen LogP contribution >= 0.6 is 0 Å². The van der Waals surface area contributed by atoms with E-state index in [0.29, 0.717) is 19.5 Å². The van der Waals surface area contributed by atoms with Crippen molar-refractivity contribution in [1.29, 1.82) is 0 Å². The number of carbonyl (C=O) groups is 2. The number of likely N-dealkylation sites (tertiary alicyclic amines) is 1. The van der Waals surface area contributed by atoms with Gasteiger partial charge in [-0.2, -0.15) is 0 Å². The van der Waals surface area contributed by atoms with E-state index in [0.717, 1.165) is 19.3 Å². The Labute approximate surface area is 120 Å². The van der Waals surface area contributed by atoms with Gasteiger partial charge in [-0.25, -0.2) is 4.79 Å². The van der Waals surface area contributed by atoms with Crippen molar-refractivity contribution in [1.82, 2.24) is 10.2 Å². The summed E-state index contributed by atoms with van der Waals surface area (Å²) in [6, 6.07) is 0.140. The normalized spacial score (nSPS) is 29.9. The molecule has 0 bridgehead atoms. The fourth-order valence-corrected chi connectivity index (χ4v) is 3.01. The molecule has 1 aliphatic carbocycles. The quantitative estimate of drug-likeness (QED) is 0.621. The summed E-state index contributed by atoms with van der Waals surface area (Å²) in [6.45, 7) is 3.23. The highest BCUT2D eigenvalue weighted by Crippen LogP contribution is 2.24. The van der Waals surface area contributed by atoms with Gasteiger partial charge >= 0.3 is 12.0 Å². The van der Waals surface area contributed by atoms with Crippen molar-refractivity contribution in [3.63, 3.8) is 0 Å². The summed E-state index contributed by atoms with van der Waals surface area (Å²) in [6.07, 6.45) is 8.13. The van der Waals surface area contributed by atoms with E-state index in [-0.39, 0.29) is 29.9 Å². The van der Waals surface area contributed by atoms with Crippen LogP contribution in [0.2, 0.25) is 0 Å². The van der Waals surface area contributed by atoms with Gasteiger partial charge in [0.15, 0.2) is 0 Å². The fraction of sp³-hybridized carbons (Fsp3) is 0.733. The van der Waals surface area contributed by atoms with Crippen molar-refractivity contribution >= 4 is 12.0 Å². The Kier molecular flexibility index (Phi) is 5.04. The summed E-state index contributed by atoms with van der Waals surface area (Å²) < 4.78 is 4.81. The first-order valence-electron chi connectivity index (χ1n) is 7.41. The third-order valence-electron chi connectivity index (χ3n) is 4.26. The monoisotopic (exact) mass is 280 g/mol. The number of carbonyl (C=O) groups excluding carboxylic acids is 2. The van der Waals surface area contributed by atoms with E-state index in [1.165, 1.54) is 7.11 Å². The van der Waals surface area contributed by atoms with Crippen LogP contribution in [0.15, 0.2) is 12.2 Å². The van der Waals surface area contributed by atoms with Crippen LogP contribution in [0, 0.1) is 11.8 Å². The van der Waals surface area contributed by atoms with Crippen molar-refractivity contribution in [3.8, 4) is 0 Å². The first-order valence-corrected chi connectivity index (χ1v) is 7.41. The number of amides is 2. The molecular formula is C15H24N2O3. The first-order chi connectivity index (χ1) is 9.61. The molecule has 0 saturated carbocycles. The number of urea groups is 1. The van der Waals surface area contributed by atoms with Gasteiger partial charge in [-0.15, -0.1) is 0 Å². The summed E-state index contributed by atoms with van der Waals surface area (Å²) in [7, 11) is 1.42. The first kappa shape index (κ1) is 14.9. The van der Waals surface area contributed by atoms with Crippen LogP contribution in [-0.2, 0) is 9.53 Å². The van der Waals surface area contributed by atoms with Gasteiger partial charge in [-0.1, -0.05) is 19.1 Å². The average Bonchev–Trinajstić information content (AvgIpc) is 2.47. The Hall–Kier alpha value is -1.52. The summed E-state index contributed by atoms with van der Waals surface area (Å²) >= 11 is 0. The molecular weight excluding hydrogens is 256 g/mol. The molecule has 0 radical (unpaired) electrons. The zero-order valence-corrected chi connectivity index (χ0v) is 12.3. The van der Waals surface area contributed by atoms with E-state index in [1.807, 2.05) is 11.8 Å². The van der Waals surface area contributed by atoms with Crippen LogP contribution in [0.1, 0.15) is 32.6 Å². The second-order valence-electron chi connectivity index (χ2n) is 5.76. The smallest absolute Gasteiger partial charge is 0.317 e. The standard InChI is InChI=1S/C15H24N2O3/c1-11-10-17(9-8-13(11)14(18)20-2)15(19)16-12-6-4-3-5-7-12/h4,6,11-13H,3,5,7-10H2,1-2H3,(H,16,19). The van der Waals surface area contributed by atoms with E-state index >= 15 is 0 Å². The second kappa shape index (κ2) is 6.77. The maximum absolute atomic E-state index is 12.2. The molecule has 2 aliphatic rings. The fourth-order valence-electron chi connectivity index (χ4n) is 3.01. The number of hydrogen-bond donors (Lipinski definition) is 1. The molecule has 3 unspecified atom stereocenters. The number of rotatable bonds is 2. The third-order valence-corrected chi connectivity index (χ3v) is 4.26. The zero-order valence-electron chi connectivity index (χ0n) is 12.3. The maximum Gasteiger partial charge on any atom is 0.317 e. The molecule has 3 atom stereocenters. The summed E-state index contributed by atoms with van der Waals surface area (Å²) in [5, 5.41) is 3.05. The van der Waals surface area contributed by atoms with E-state index in [9.17, 15) is 9.59 Å². The molecule has 1 saturated heterocycles. The van der Waals surface area contributed by atoms with Crippen LogP contribution < -0.4 is 5.32 Å². The molecule has 112 valence electrons. The summed E-state index contributed by atoms with van der Waals surface area (Å²) in [4.78, 5) is 25.7. The summed E-state index contributed by atoms with van der Waals surface area (Å²) in [5.74, 6) is -0.102. The second-order valence-corrected chi connectivity index (χ2v) is 5.76. The lowest BCUT2D eigenvalue weighted by atomic mass is 9.87. The minimum absolute atomic E-state index is 0.0169. The number of nitrogens with one attached hydrogen (secondary N) is 1. The van der Waals surface area contributed by atoms with Crippen LogP contribution in [0.25, 0.3) is 0 Å². The Bertz CT molecular complexity index is 395. The van der Waals surface area contributed by atoms with Gasteiger partial charge in [-0.05, 0) is 31.6 Å². The molecule has 5 nitrogen and oxygen atoms in total. The van der Waals surface area contributed by atoms with Gasteiger partial charge in [0.05, 0.1) is 13.0 Å². The Morgan fingerprint density at radius 1 is 1.35 bits per heavy atom. The molecule has 1 aliphatic heterocycles. The van der Waals surface area contributed by atoms with Gasteiger partial charge in [0.1, 0.15) is 0 Å². The summed E-state index contributed by atoms with van der Waals surface area (Å²) in [5.41, 5.74) is 0. The van der Waals surface area contributed by atoms with Gasteiger partial charge in [0.25, 0.3) is 0 Å². The molecule has 1 N–H and O–H groups in total. The predicted molar refractivity (Wildman–Crippen MR) is 76.2 cm³/mol. The molecule has 0 aromatic heterocycles. The van der Waals surface area contributed by atoms with Crippen LogP contribution in [-0.4, -0.2) is 43.1 Å². The average molecular weight is 280 g/mol. The van der Waals surface area contributed by atoms with Crippen LogP contribution in [0.3, 0.4) is 0 Å². The van der Waals surface area contributed by atoms with Crippen molar-refractivity contribution in [2.24, 2.45) is 11.8 Å². The largest absolute Gasteiger partial charge is 0.469 e. The number of methoxy groups -OCH3 is 1. The lowest BCUT2D eigenvalue weighted by Crippen LogP contribution is -2.51. The highest BCUT2D eigenvalue weighted by molar-refractivity contribution is 5.76. The van der Waals surface area contributed by atoms with E-state index in [1.54, 1.807) is 0 Å². The van der Waals surface area contributed by atoms with E-state index < -0.39 is 0 Å². The van der Waals surface area contributed by atoms with E-state index in [2.05, 4.69) is 17.5 Å². The van der Waals surface area contributed by atoms with Crippen LogP contribution in [0.4, 0.5) is 4.79 Å². The minimum atomic E-state index is -0.159. The van der Waals surface area contributed by atoms with Gasteiger partial charge in [0.2, 0.25) is 0 Å². The van der Waals surface area contributed by atoms with Crippen molar-refractivity contribution < 1.29 is 14.3 Å². The number of hydrogen-bond acceptors (Lipinski definition) is 3.